The highest BCUT2D eigenvalue weighted by molar-refractivity contribution is 7.89. The molecule has 1 rings (SSSR count). The quantitative estimate of drug-likeness (QED) is 0.830. The van der Waals surface area contributed by atoms with E-state index in [0.717, 1.165) is 12.0 Å². The highest BCUT2D eigenvalue weighted by Crippen LogP contribution is 2.16. The summed E-state index contributed by atoms with van der Waals surface area (Å²) in [6.07, 6.45) is 0.947. The highest BCUT2D eigenvalue weighted by Gasteiger charge is 2.15. The van der Waals surface area contributed by atoms with Gasteiger partial charge in [-0.25, -0.2) is 13.1 Å². The summed E-state index contributed by atoms with van der Waals surface area (Å²) in [6, 6.07) is 6.60. The molecule has 5 heteroatoms. The molecule has 0 heterocycles. The second-order valence-corrected chi connectivity index (χ2v) is 6.49. The van der Waals surface area contributed by atoms with Crippen molar-refractivity contribution in [3.63, 3.8) is 0 Å². The molecule has 0 fully saturated rings. The van der Waals surface area contributed by atoms with Crippen molar-refractivity contribution in [2.24, 2.45) is 11.7 Å². The molecule has 102 valence electrons. The minimum atomic E-state index is -3.43. The third-order valence-corrected chi connectivity index (χ3v) is 4.43. The lowest BCUT2D eigenvalue weighted by molar-refractivity contribution is 0.528. The largest absolute Gasteiger partial charge is 0.324 e. The third kappa shape index (κ3) is 4.08. The Morgan fingerprint density at radius 1 is 1.33 bits per heavy atom. The van der Waals surface area contributed by atoms with Gasteiger partial charge in [-0.1, -0.05) is 32.4 Å². The fourth-order valence-corrected chi connectivity index (χ4v) is 2.66. The minimum absolute atomic E-state index is 0.172. The molecule has 1 aromatic rings. The zero-order valence-corrected chi connectivity index (χ0v) is 12.0. The second kappa shape index (κ2) is 6.31. The summed E-state index contributed by atoms with van der Waals surface area (Å²) < 4.78 is 26.8. The molecule has 0 aliphatic rings. The topological polar surface area (TPSA) is 72.2 Å². The van der Waals surface area contributed by atoms with Gasteiger partial charge in [-0.3, -0.25) is 0 Å². The van der Waals surface area contributed by atoms with Crippen molar-refractivity contribution in [2.75, 3.05) is 6.54 Å². The van der Waals surface area contributed by atoms with E-state index in [1.807, 2.05) is 26.8 Å². The summed E-state index contributed by atoms with van der Waals surface area (Å²) >= 11 is 0. The van der Waals surface area contributed by atoms with Crippen LogP contribution in [0.5, 0.6) is 0 Å². The van der Waals surface area contributed by atoms with Crippen LogP contribution >= 0.6 is 0 Å². The van der Waals surface area contributed by atoms with Crippen molar-refractivity contribution < 1.29 is 8.42 Å². The minimum Gasteiger partial charge on any atom is -0.324 e. The van der Waals surface area contributed by atoms with E-state index in [4.69, 9.17) is 5.73 Å². The van der Waals surface area contributed by atoms with Gasteiger partial charge in [0.2, 0.25) is 10.0 Å². The van der Waals surface area contributed by atoms with Crippen molar-refractivity contribution in [3.05, 3.63) is 29.8 Å². The summed E-state index contributed by atoms with van der Waals surface area (Å²) in [6.45, 7) is 6.34. The van der Waals surface area contributed by atoms with Crippen molar-refractivity contribution in [1.29, 1.82) is 0 Å². The van der Waals surface area contributed by atoms with Gasteiger partial charge >= 0.3 is 0 Å². The molecule has 18 heavy (non-hydrogen) atoms. The number of hydrogen-bond donors (Lipinski definition) is 2. The van der Waals surface area contributed by atoms with Crippen LogP contribution in [0.4, 0.5) is 0 Å². The van der Waals surface area contributed by atoms with Crippen molar-refractivity contribution in [2.45, 2.75) is 38.1 Å². The SMILES string of the molecule is CCC(C)CNS(=O)(=O)c1cccc(C(C)N)c1. The average molecular weight is 270 g/mol. The molecular formula is C13H22N2O2S. The van der Waals surface area contributed by atoms with Crippen LogP contribution in [-0.4, -0.2) is 15.0 Å². The Morgan fingerprint density at radius 2 is 2.00 bits per heavy atom. The Hall–Kier alpha value is -0.910. The lowest BCUT2D eigenvalue weighted by Crippen LogP contribution is -2.28. The van der Waals surface area contributed by atoms with Crippen LogP contribution in [-0.2, 0) is 10.0 Å². The Morgan fingerprint density at radius 3 is 2.56 bits per heavy atom. The number of benzene rings is 1. The van der Waals surface area contributed by atoms with Gasteiger partial charge in [-0.2, -0.15) is 0 Å². The number of rotatable bonds is 6. The average Bonchev–Trinajstić information content (AvgIpc) is 2.36. The van der Waals surface area contributed by atoms with Crippen molar-refractivity contribution in [1.82, 2.24) is 4.72 Å². The molecule has 2 atom stereocenters. The molecule has 0 aliphatic heterocycles. The monoisotopic (exact) mass is 270 g/mol. The summed E-state index contributed by atoms with van der Waals surface area (Å²) in [4.78, 5) is 0.278. The fourth-order valence-electron chi connectivity index (χ4n) is 1.44. The van der Waals surface area contributed by atoms with Crippen LogP contribution in [0.25, 0.3) is 0 Å². The van der Waals surface area contributed by atoms with E-state index < -0.39 is 10.0 Å². The van der Waals surface area contributed by atoms with Gasteiger partial charge < -0.3 is 5.73 Å². The molecule has 0 saturated heterocycles. The number of nitrogens with two attached hydrogens (primary N) is 1. The molecule has 0 spiro atoms. The normalized spacial score (nSPS) is 15.3. The first-order chi connectivity index (χ1) is 8.36. The molecule has 0 aromatic heterocycles. The molecular weight excluding hydrogens is 248 g/mol. The zero-order chi connectivity index (χ0) is 13.8. The fraction of sp³-hybridized carbons (Fsp3) is 0.538. The number of nitrogens with one attached hydrogen (secondary N) is 1. The molecule has 0 saturated carbocycles. The van der Waals surface area contributed by atoms with Crippen LogP contribution in [0.2, 0.25) is 0 Å². The molecule has 1 aromatic carbocycles. The first-order valence-corrected chi connectivity index (χ1v) is 7.70. The van der Waals surface area contributed by atoms with Gasteiger partial charge in [0.1, 0.15) is 0 Å². The summed E-state index contributed by atoms with van der Waals surface area (Å²) in [5.41, 5.74) is 6.58. The molecule has 3 N–H and O–H groups in total. The van der Waals surface area contributed by atoms with Gasteiger partial charge in [0, 0.05) is 12.6 Å². The highest BCUT2D eigenvalue weighted by atomic mass is 32.2. The molecule has 0 amide bonds. The number of hydrogen-bond acceptors (Lipinski definition) is 3. The van der Waals surface area contributed by atoms with Crippen LogP contribution < -0.4 is 10.5 Å². The first-order valence-electron chi connectivity index (χ1n) is 6.22. The maximum absolute atomic E-state index is 12.1. The number of sulfonamides is 1. The molecule has 4 nitrogen and oxygen atoms in total. The van der Waals surface area contributed by atoms with Crippen molar-refractivity contribution in [3.8, 4) is 0 Å². The van der Waals surface area contributed by atoms with Crippen LogP contribution in [0.15, 0.2) is 29.2 Å². The maximum Gasteiger partial charge on any atom is 0.240 e. The van der Waals surface area contributed by atoms with Gasteiger partial charge in [-0.05, 0) is 30.5 Å². The van der Waals surface area contributed by atoms with E-state index in [1.165, 1.54) is 0 Å². The predicted octanol–water partition coefficient (Wildman–Crippen LogP) is 2.03. The third-order valence-electron chi connectivity index (χ3n) is 3.01. The van der Waals surface area contributed by atoms with Gasteiger partial charge in [-0.15, -0.1) is 0 Å². The van der Waals surface area contributed by atoms with E-state index >= 15 is 0 Å². The van der Waals surface area contributed by atoms with Crippen molar-refractivity contribution >= 4 is 10.0 Å². The van der Waals surface area contributed by atoms with Crippen LogP contribution in [0.3, 0.4) is 0 Å². The van der Waals surface area contributed by atoms with E-state index in [9.17, 15) is 8.42 Å². The second-order valence-electron chi connectivity index (χ2n) is 4.73. The van der Waals surface area contributed by atoms with E-state index in [0.29, 0.717) is 12.5 Å². The zero-order valence-electron chi connectivity index (χ0n) is 11.2. The Bertz CT molecular complexity index is 484. The summed E-state index contributed by atoms with van der Waals surface area (Å²) in [5.74, 6) is 0.330. The Labute approximate surface area is 110 Å². The molecule has 0 radical (unpaired) electrons. The predicted molar refractivity (Wildman–Crippen MR) is 73.7 cm³/mol. The Balaban J connectivity index is 2.88. The van der Waals surface area contributed by atoms with E-state index in [1.54, 1.807) is 18.2 Å². The lowest BCUT2D eigenvalue weighted by atomic mass is 10.1. The van der Waals surface area contributed by atoms with Gasteiger partial charge in [0.05, 0.1) is 4.90 Å². The first kappa shape index (κ1) is 15.1. The van der Waals surface area contributed by atoms with Crippen LogP contribution in [0, 0.1) is 5.92 Å². The molecule has 0 aliphatic carbocycles. The summed E-state index contributed by atoms with van der Waals surface area (Å²) in [7, 11) is -3.43. The maximum atomic E-state index is 12.1. The molecule has 2 unspecified atom stereocenters. The van der Waals surface area contributed by atoms with Gasteiger partial charge in [0.25, 0.3) is 0 Å². The Kier molecular flexibility index (Phi) is 5.31. The van der Waals surface area contributed by atoms with Gasteiger partial charge in [0.15, 0.2) is 0 Å². The lowest BCUT2D eigenvalue weighted by Gasteiger charge is -2.12. The van der Waals surface area contributed by atoms with Crippen LogP contribution in [0.1, 0.15) is 38.8 Å². The van der Waals surface area contributed by atoms with E-state index in [-0.39, 0.29) is 10.9 Å². The van der Waals surface area contributed by atoms with E-state index in [2.05, 4.69) is 4.72 Å². The standard InChI is InChI=1S/C13H22N2O2S/c1-4-10(2)9-15-18(16,17)13-7-5-6-12(8-13)11(3)14/h5-8,10-11,15H,4,9,14H2,1-3H3. The smallest absolute Gasteiger partial charge is 0.240 e. The molecule has 0 bridgehead atoms. The summed E-state index contributed by atoms with van der Waals surface area (Å²) in [5, 5.41) is 0.